The Kier molecular flexibility index (Phi) is 3.83. The van der Waals surface area contributed by atoms with Gasteiger partial charge in [0, 0.05) is 6.42 Å². The fraction of sp³-hybridized carbons (Fsp3) is 0.500. The van der Waals surface area contributed by atoms with Gasteiger partial charge >= 0.3 is 0 Å². The molecule has 0 aliphatic carbocycles. The van der Waals surface area contributed by atoms with Crippen LogP contribution in [-0.4, -0.2) is 27.7 Å². The van der Waals surface area contributed by atoms with Crippen LogP contribution in [-0.2, 0) is 12.8 Å². The summed E-state index contributed by atoms with van der Waals surface area (Å²) >= 11 is 0. The van der Waals surface area contributed by atoms with Crippen molar-refractivity contribution in [3.63, 3.8) is 0 Å². The molecule has 0 aliphatic rings. The van der Waals surface area contributed by atoms with Gasteiger partial charge in [0.2, 0.25) is 0 Å². The van der Waals surface area contributed by atoms with E-state index in [0.717, 1.165) is 17.7 Å². The highest BCUT2D eigenvalue weighted by Gasteiger charge is 2.15. The number of hydrogen-bond acceptors (Lipinski definition) is 4. The number of ether oxygens (including phenoxy) is 1. The van der Waals surface area contributed by atoms with E-state index in [1.54, 1.807) is 7.11 Å². The van der Waals surface area contributed by atoms with Gasteiger partial charge in [-0.1, -0.05) is 38.1 Å². The number of aromatic nitrogens is 4. The normalized spacial score (nSPS) is 11.6. The number of rotatable bonds is 4. The molecular weight excluding hydrogens is 240 g/mol. The maximum Gasteiger partial charge on any atom is 0.178 e. The van der Waals surface area contributed by atoms with Crippen LogP contribution in [0.3, 0.4) is 0 Å². The van der Waals surface area contributed by atoms with Crippen LogP contribution >= 0.6 is 0 Å². The van der Waals surface area contributed by atoms with Crippen molar-refractivity contribution < 1.29 is 4.74 Å². The lowest BCUT2D eigenvalue weighted by Crippen LogP contribution is -2.10. The van der Waals surface area contributed by atoms with Crippen molar-refractivity contribution in [2.24, 2.45) is 5.41 Å². The molecule has 0 saturated carbocycles. The molecule has 1 aromatic carbocycles. The maximum atomic E-state index is 5.49. The minimum absolute atomic E-state index is 0.239. The van der Waals surface area contributed by atoms with Gasteiger partial charge in [-0.3, -0.25) is 0 Å². The third-order valence-electron chi connectivity index (χ3n) is 2.82. The number of H-pyrrole nitrogens is 1. The number of aromatic amines is 1. The molecule has 0 saturated heterocycles. The van der Waals surface area contributed by atoms with Crippen LogP contribution in [0.25, 0.3) is 0 Å². The highest BCUT2D eigenvalue weighted by atomic mass is 16.5. The van der Waals surface area contributed by atoms with Crippen LogP contribution in [0.15, 0.2) is 18.2 Å². The van der Waals surface area contributed by atoms with E-state index in [1.165, 1.54) is 5.56 Å². The summed E-state index contributed by atoms with van der Waals surface area (Å²) in [5, 5.41) is 13.9. The van der Waals surface area contributed by atoms with Crippen molar-refractivity contribution in [1.82, 2.24) is 20.6 Å². The second-order valence-corrected chi connectivity index (χ2v) is 5.89. The Morgan fingerprint density at radius 2 is 2.05 bits per heavy atom. The van der Waals surface area contributed by atoms with Crippen LogP contribution in [0.4, 0.5) is 0 Å². The van der Waals surface area contributed by atoms with Gasteiger partial charge in [-0.2, -0.15) is 5.21 Å². The fourth-order valence-corrected chi connectivity index (χ4v) is 2.06. The Morgan fingerprint density at radius 1 is 1.26 bits per heavy atom. The molecule has 0 fully saturated rings. The Hall–Kier alpha value is -1.91. The molecule has 0 aliphatic heterocycles. The van der Waals surface area contributed by atoms with Gasteiger partial charge < -0.3 is 4.74 Å². The summed E-state index contributed by atoms with van der Waals surface area (Å²) in [4.78, 5) is 0. The van der Waals surface area contributed by atoms with E-state index in [0.29, 0.717) is 12.2 Å². The van der Waals surface area contributed by atoms with E-state index in [9.17, 15) is 0 Å². The van der Waals surface area contributed by atoms with Gasteiger partial charge in [-0.15, -0.1) is 10.2 Å². The molecule has 0 atom stereocenters. The topological polar surface area (TPSA) is 63.7 Å². The molecule has 0 bridgehead atoms. The summed E-state index contributed by atoms with van der Waals surface area (Å²) in [6.45, 7) is 6.67. The average molecular weight is 260 g/mol. The highest BCUT2D eigenvalue weighted by molar-refractivity contribution is 5.39. The number of nitrogens with zero attached hydrogens (tertiary/aromatic N) is 3. The van der Waals surface area contributed by atoms with Crippen LogP contribution in [0.5, 0.6) is 5.75 Å². The Balaban J connectivity index is 2.20. The van der Waals surface area contributed by atoms with Crippen molar-refractivity contribution in [3.05, 3.63) is 35.2 Å². The summed E-state index contributed by atoms with van der Waals surface area (Å²) in [6.07, 6.45) is 1.64. The second kappa shape index (κ2) is 5.38. The summed E-state index contributed by atoms with van der Waals surface area (Å²) in [5.41, 5.74) is 2.59. The van der Waals surface area contributed by atoms with Crippen LogP contribution in [0, 0.1) is 5.41 Å². The number of nitrogens with one attached hydrogen (secondary N) is 1. The molecule has 102 valence electrons. The lowest BCUT2D eigenvalue weighted by atomic mass is 9.87. The average Bonchev–Trinajstić information content (AvgIpc) is 2.82. The van der Waals surface area contributed by atoms with E-state index < -0.39 is 0 Å². The number of tetrazole rings is 1. The standard InChI is InChI=1S/C14H20N4O/c1-14(2,3)9-11-6-5-10(7-12(11)19-4)8-13-15-17-18-16-13/h5-7H,8-9H2,1-4H3,(H,15,16,17,18). The maximum absolute atomic E-state index is 5.49. The zero-order chi connectivity index (χ0) is 13.9. The summed E-state index contributed by atoms with van der Waals surface area (Å²) in [6, 6.07) is 6.27. The minimum atomic E-state index is 0.239. The molecule has 0 amide bonds. The summed E-state index contributed by atoms with van der Waals surface area (Å²) in [5.74, 6) is 1.61. The first kappa shape index (κ1) is 13.5. The first-order valence-corrected chi connectivity index (χ1v) is 6.36. The zero-order valence-corrected chi connectivity index (χ0v) is 11.9. The Bertz CT molecular complexity index is 529. The van der Waals surface area contributed by atoms with Crippen molar-refractivity contribution >= 4 is 0 Å². The van der Waals surface area contributed by atoms with Crippen molar-refractivity contribution in [2.75, 3.05) is 7.11 Å². The molecule has 0 unspecified atom stereocenters. The van der Waals surface area contributed by atoms with Crippen molar-refractivity contribution in [3.8, 4) is 5.75 Å². The molecule has 0 radical (unpaired) electrons. The monoisotopic (exact) mass is 260 g/mol. The summed E-state index contributed by atoms with van der Waals surface area (Å²) in [7, 11) is 1.71. The lowest BCUT2D eigenvalue weighted by molar-refractivity contribution is 0.378. The predicted molar refractivity (Wildman–Crippen MR) is 73.1 cm³/mol. The molecule has 1 heterocycles. The van der Waals surface area contributed by atoms with Gasteiger partial charge in [0.1, 0.15) is 5.75 Å². The van der Waals surface area contributed by atoms with E-state index in [2.05, 4.69) is 59.6 Å². The van der Waals surface area contributed by atoms with Gasteiger partial charge in [0.15, 0.2) is 5.82 Å². The molecule has 2 aromatic rings. The molecule has 5 nitrogen and oxygen atoms in total. The van der Waals surface area contributed by atoms with Crippen LogP contribution in [0.1, 0.15) is 37.7 Å². The van der Waals surface area contributed by atoms with Gasteiger partial charge in [0.25, 0.3) is 0 Å². The molecular formula is C14H20N4O. The molecule has 5 heteroatoms. The highest BCUT2D eigenvalue weighted by Crippen LogP contribution is 2.28. The summed E-state index contributed by atoms with van der Waals surface area (Å²) < 4.78 is 5.49. The van der Waals surface area contributed by atoms with E-state index in [-0.39, 0.29) is 5.41 Å². The quantitative estimate of drug-likeness (QED) is 0.916. The van der Waals surface area contributed by atoms with Crippen molar-refractivity contribution in [1.29, 1.82) is 0 Å². The Morgan fingerprint density at radius 3 is 2.63 bits per heavy atom. The minimum Gasteiger partial charge on any atom is -0.496 e. The van der Waals surface area contributed by atoms with E-state index in [4.69, 9.17) is 4.74 Å². The van der Waals surface area contributed by atoms with E-state index in [1.807, 2.05) is 0 Å². The Labute approximate surface area is 113 Å². The largest absolute Gasteiger partial charge is 0.496 e. The lowest BCUT2D eigenvalue weighted by Gasteiger charge is -2.20. The molecule has 2 rings (SSSR count). The number of hydrogen-bond donors (Lipinski definition) is 1. The molecule has 1 N–H and O–H groups in total. The second-order valence-electron chi connectivity index (χ2n) is 5.89. The fourth-order valence-electron chi connectivity index (χ4n) is 2.06. The molecule has 1 aromatic heterocycles. The van der Waals surface area contributed by atoms with Crippen LogP contribution < -0.4 is 4.74 Å². The van der Waals surface area contributed by atoms with Gasteiger partial charge in [-0.05, 0) is 29.0 Å². The van der Waals surface area contributed by atoms with Crippen LogP contribution in [0.2, 0.25) is 0 Å². The third-order valence-corrected chi connectivity index (χ3v) is 2.82. The molecule has 19 heavy (non-hydrogen) atoms. The SMILES string of the molecule is COc1cc(Cc2nn[nH]n2)ccc1CC(C)(C)C. The first-order chi connectivity index (χ1) is 8.98. The first-order valence-electron chi connectivity index (χ1n) is 6.36. The third kappa shape index (κ3) is 3.77. The zero-order valence-electron chi connectivity index (χ0n) is 11.9. The van der Waals surface area contributed by atoms with Gasteiger partial charge in [-0.25, -0.2) is 0 Å². The van der Waals surface area contributed by atoms with E-state index >= 15 is 0 Å². The predicted octanol–water partition coefficient (Wildman–Crippen LogP) is 2.39. The number of benzene rings is 1. The molecule has 0 spiro atoms. The number of methoxy groups -OCH3 is 1. The van der Waals surface area contributed by atoms with Crippen molar-refractivity contribution in [2.45, 2.75) is 33.6 Å². The van der Waals surface area contributed by atoms with Gasteiger partial charge in [0.05, 0.1) is 7.11 Å². The smallest absolute Gasteiger partial charge is 0.178 e.